The molecular weight excluding hydrogens is 374 g/mol. The van der Waals surface area contributed by atoms with Crippen molar-refractivity contribution >= 4 is 15.7 Å². The van der Waals surface area contributed by atoms with Gasteiger partial charge in [-0.1, -0.05) is 30.6 Å². The molecule has 1 fully saturated rings. The van der Waals surface area contributed by atoms with Gasteiger partial charge in [-0.05, 0) is 48.2 Å². The summed E-state index contributed by atoms with van der Waals surface area (Å²) >= 11 is 0. The van der Waals surface area contributed by atoms with Crippen LogP contribution in [-0.2, 0) is 27.9 Å². The van der Waals surface area contributed by atoms with E-state index in [1.54, 1.807) is 24.5 Å². The minimum atomic E-state index is -3.46. The van der Waals surface area contributed by atoms with Gasteiger partial charge in [-0.3, -0.25) is 4.98 Å². The number of unbranched alkanes of at least 4 members (excludes halogenated alkanes) is 1. The highest BCUT2D eigenvalue weighted by molar-refractivity contribution is 7.89. The quantitative estimate of drug-likeness (QED) is 0.631. The molecule has 0 spiro atoms. The molecule has 0 amide bonds. The van der Waals surface area contributed by atoms with Crippen molar-refractivity contribution < 1.29 is 13.3 Å². The van der Waals surface area contributed by atoms with E-state index in [-0.39, 0.29) is 0 Å². The maximum absolute atomic E-state index is 12.9. The van der Waals surface area contributed by atoms with Crippen LogP contribution < -0.4 is 0 Å². The molecule has 1 saturated heterocycles. The summed E-state index contributed by atoms with van der Waals surface area (Å²) in [6.07, 6.45) is 7.83. The average molecular weight is 402 g/mol. The zero-order valence-electron chi connectivity index (χ0n) is 16.3. The normalized spacial score (nSPS) is 15.4. The van der Waals surface area contributed by atoms with Crippen LogP contribution in [0.5, 0.6) is 0 Å². The van der Waals surface area contributed by atoms with Gasteiger partial charge in [-0.25, -0.2) is 8.42 Å². The zero-order valence-corrected chi connectivity index (χ0v) is 17.1. The van der Waals surface area contributed by atoms with Crippen LogP contribution in [0.25, 0.3) is 0 Å². The van der Waals surface area contributed by atoms with Gasteiger partial charge in [0.15, 0.2) is 0 Å². The third-order valence-corrected chi connectivity index (χ3v) is 6.77. The molecule has 0 radical (unpaired) electrons. The average Bonchev–Trinajstić information content (AvgIpc) is 2.74. The largest absolute Gasteiger partial charge is 0.391 e. The van der Waals surface area contributed by atoms with E-state index in [0.29, 0.717) is 37.4 Å². The first kappa shape index (κ1) is 20.5. The van der Waals surface area contributed by atoms with Crippen molar-refractivity contribution in [3.05, 3.63) is 59.9 Å². The number of hydrogen-bond donors (Lipinski definition) is 0. The first-order valence-electron chi connectivity index (χ1n) is 9.75. The van der Waals surface area contributed by atoms with Gasteiger partial charge in [0.1, 0.15) is 6.61 Å². The standard InChI is InChI=1S/C21H27N3O3S/c1-2-3-4-18-5-7-21(8-6-18)28(25,26)24-15-11-20(12-16-24)23-27-17-19-9-13-22-14-10-19/h5-10,13-14H,2-4,11-12,15-17H2,1H3. The van der Waals surface area contributed by atoms with Crippen molar-refractivity contribution in [3.8, 4) is 0 Å². The van der Waals surface area contributed by atoms with Crippen molar-refractivity contribution in [2.75, 3.05) is 13.1 Å². The Morgan fingerprint density at radius 3 is 2.36 bits per heavy atom. The Labute approximate surface area is 167 Å². The molecule has 0 unspecified atom stereocenters. The molecule has 6 nitrogen and oxygen atoms in total. The summed E-state index contributed by atoms with van der Waals surface area (Å²) in [6, 6.07) is 11.0. The van der Waals surface area contributed by atoms with E-state index in [9.17, 15) is 8.42 Å². The molecule has 1 aromatic heterocycles. The second-order valence-corrected chi connectivity index (χ2v) is 8.88. The fourth-order valence-electron chi connectivity index (χ4n) is 3.11. The highest BCUT2D eigenvalue weighted by Gasteiger charge is 2.28. The number of aryl methyl sites for hydroxylation is 1. The maximum Gasteiger partial charge on any atom is 0.243 e. The molecule has 0 saturated carbocycles. The van der Waals surface area contributed by atoms with Crippen molar-refractivity contribution in [3.63, 3.8) is 0 Å². The zero-order chi connectivity index (χ0) is 19.8. The number of piperidine rings is 1. The van der Waals surface area contributed by atoms with Gasteiger partial charge in [-0.2, -0.15) is 4.31 Å². The van der Waals surface area contributed by atoms with Crippen LogP contribution in [0.3, 0.4) is 0 Å². The highest BCUT2D eigenvalue weighted by Crippen LogP contribution is 2.21. The summed E-state index contributed by atoms with van der Waals surface area (Å²) in [6.45, 7) is 3.39. The van der Waals surface area contributed by atoms with Gasteiger partial charge in [0.05, 0.1) is 10.6 Å². The van der Waals surface area contributed by atoms with Gasteiger partial charge in [0, 0.05) is 38.3 Å². The van der Waals surface area contributed by atoms with Crippen LogP contribution in [0.4, 0.5) is 0 Å². The molecule has 7 heteroatoms. The predicted molar refractivity (Wildman–Crippen MR) is 110 cm³/mol. The second kappa shape index (κ2) is 9.80. The number of oxime groups is 1. The molecule has 1 aromatic carbocycles. The summed E-state index contributed by atoms with van der Waals surface area (Å²) < 4.78 is 27.3. The van der Waals surface area contributed by atoms with Crippen molar-refractivity contribution in [2.45, 2.75) is 50.5 Å². The van der Waals surface area contributed by atoms with Crippen LogP contribution in [0.1, 0.15) is 43.7 Å². The summed E-state index contributed by atoms with van der Waals surface area (Å²) in [5.41, 5.74) is 3.08. The minimum absolute atomic E-state index is 0.363. The molecule has 2 heterocycles. The topological polar surface area (TPSA) is 71.9 Å². The SMILES string of the molecule is CCCCc1ccc(S(=O)(=O)N2CCC(=NOCc3ccncc3)CC2)cc1. The molecule has 1 aliphatic rings. The number of hydrogen-bond acceptors (Lipinski definition) is 5. The van der Waals surface area contributed by atoms with Crippen molar-refractivity contribution in [1.29, 1.82) is 0 Å². The van der Waals surface area contributed by atoms with E-state index in [4.69, 9.17) is 4.84 Å². The molecule has 0 bridgehead atoms. The lowest BCUT2D eigenvalue weighted by Gasteiger charge is -2.26. The van der Waals surface area contributed by atoms with E-state index in [1.807, 2.05) is 24.3 Å². The van der Waals surface area contributed by atoms with Crippen molar-refractivity contribution in [1.82, 2.24) is 9.29 Å². The van der Waals surface area contributed by atoms with Crippen LogP contribution in [0.15, 0.2) is 58.8 Å². The molecule has 28 heavy (non-hydrogen) atoms. The smallest absolute Gasteiger partial charge is 0.243 e. The third-order valence-electron chi connectivity index (χ3n) is 4.85. The maximum atomic E-state index is 12.9. The predicted octanol–water partition coefficient (Wildman–Crippen LogP) is 3.78. The number of rotatable bonds is 8. The van der Waals surface area contributed by atoms with Gasteiger partial charge >= 0.3 is 0 Å². The van der Waals surface area contributed by atoms with Crippen LogP contribution in [0, 0.1) is 0 Å². The Kier molecular flexibility index (Phi) is 7.17. The number of pyridine rings is 1. The fraction of sp³-hybridized carbons (Fsp3) is 0.429. The highest BCUT2D eigenvalue weighted by atomic mass is 32.2. The van der Waals surface area contributed by atoms with Gasteiger partial charge in [0.2, 0.25) is 10.0 Å². The molecule has 0 N–H and O–H groups in total. The first-order chi connectivity index (χ1) is 13.6. The van der Waals surface area contributed by atoms with Gasteiger partial charge < -0.3 is 4.84 Å². The summed E-state index contributed by atoms with van der Waals surface area (Å²) in [5.74, 6) is 0. The minimum Gasteiger partial charge on any atom is -0.391 e. The Hall–Kier alpha value is -2.25. The van der Waals surface area contributed by atoms with Crippen molar-refractivity contribution in [2.24, 2.45) is 5.16 Å². The monoisotopic (exact) mass is 401 g/mol. The Bertz CT molecular complexity index is 871. The second-order valence-electron chi connectivity index (χ2n) is 6.94. The van der Waals surface area contributed by atoms with E-state index < -0.39 is 10.0 Å². The van der Waals surface area contributed by atoms with Gasteiger partial charge in [0.25, 0.3) is 0 Å². The van der Waals surface area contributed by atoms with Crippen LogP contribution in [0.2, 0.25) is 0 Å². The Balaban J connectivity index is 1.53. The molecule has 0 atom stereocenters. The Morgan fingerprint density at radius 2 is 1.71 bits per heavy atom. The fourth-order valence-corrected chi connectivity index (χ4v) is 4.55. The van der Waals surface area contributed by atoms with Crippen LogP contribution >= 0.6 is 0 Å². The molecular formula is C21H27N3O3S. The molecule has 1 aliphatic heterocycles. The van der Waals surface area contributed by atoms with E-state index >= 15 is 0 Å². The molecule has 0 aliphatic carbocycles. The van der Waals surface area contributed by atoms with E-state index in [1.165, 1.54) is 9.87 Å². The molecule has 2 aromatic rings. The van der Waals surface area contributed by atoms with E-state index in [0.717, 1.165) is 30.5 Å². The number of benzene rings is 1. The van der Waals surface area contributed by atoms with Crippen LogP contribution in [-0.4, -0.2) is 36.5 Å². The summed E-state index contributed by atoms with van der Waals surface area (Å²) in [7, 11) is -3.46. The van der Waals surface area contributed by atoms with E-state index in [2.05, 4.69) is 17.1 Å². The number of aromatic nitrogens is 1. The lowest BCUT2D eigenvalue weighted by Crippen LogP contribution is -2.38. The molecule has 3 rings (SSSR count). The molecule has 150 valence electrons. The van der Waals surface area contributed by atoms with Gasteiger partial charge in [-0.15, -0.1) is 0 Å². The summed E-state index contributed by atoms with van der Waals surface area (Å²) in [5, 5.41) is 4.18. The third kappa shape index (κ3) is 5.39. The lowest BCUT2D eigenvalue weighted by molar-refractivity contribution is 0.128. The summed E-state index contributed by atoms with van der Waals surface area (Å²) in [4.78, 5) is 9.73. The number of nitrogens with zero attached hydrogens (tertiary/aromatic N) is 3. The Morgan fingerprint density at radius 1 is 1.04 bits per heavy atom. The first-order valence-corrected chi connectivity index (χ1v) is 11.2. The lowest BCUT2D eigenvalue weighted by atomic mass is 10.1. The number of sulfonamides is 1.